The fourth-order valence-corrected chi connectivity index (χ4v) is 2.73. The van der Waals surface area contributed by atoms with Gasteiger partial charge in [0.25, 0.3) is 5.91 Å². The first-order valence-corrected chi connectivity index (χ1v) is 7.62. The number of carbonyl (C=O) groups excluding carboxylic acids is 1. The molecule has 2 aromatic carbocycles. The molecule has 1 amide bonds. The molecule has 116 valence electrons. The van der Waals surface area contributed by atoms with Crippen LogP contribution in [0, 0.1) is 13.8 Å². The van der Waals surface area contributed by atoms with Crippen LogP contribution in [0.3, 0.4) is 0 Å². The zero-order chi connectivity index (χ0) is 16.4. The summed E-state index contributed by atoms with van der Waals surface area (Å²) in [7, 11) is 0. The van der Waals surface area contributed by atoms with E-state index in [0.29, 0.717) is 16.4 Å². The third kappa shape index (κ3) is 3.12. The molecular formula is C18H16ClN3O. The molecule has 0 saturated carbocycles. The SMILES string of the molecule is Cc1cccc(C)c1-n1ccc(NC(=O)c2ccccc2Cl)n1. The normalized spacial score (nSPS) is 10.6. The first-order chi connectivity index (χ1) is 11.1. The summed E-state index contributed by atoms with van der Waals surface area (Å²) in [5.41, 5.74) is 3.69. The standard InChI is InChI=1S/C18H16ClN3O/c1-12-6-5-7-13(2)17(12)22-11-10-16(21-22)20-18(23)14-8-3-4-9-15(14)19/h3-11H,1-2H3,(H,20,21,23). The smallest absolute Gasteiger partial charge is 0.258 e. The van der Waals surface area contributed by atoms with Gasteiger partial charge in [0.15, 0.2) is 5.82 Å². The van der Waals surface area contributed by atoms with Crippen LogP contribution in [0.25, 0.3) is 5.69 Å². The van der Waals surface area contributed by atoms with Gasteiger partial charge in [0.1, 0.15) is 0 Å². The van der Waals surface area contributed by atoms with Crippen LogP contribution in [-0.4, -0.2) is 15.7 Å². The molecular weight excluding hydrogens is 310 g/mol. The molecule has 0 bridgehead atoms. The van der Waals surface area contributed by atoms with Crippen LogP contribution < -0.4 is 5.32 Å². The zero-order valence-electron chi connectivity index (χ0n) is 12.9. The van der Waals surface area contributed by atoms with Crippen molar-refractivity contribution in [1.82, 2.24) is 9.78 Å². The minimum atomic E-state index is -0.276. The lowest BCUT2D eigenvalue weighted by Gasteiger charge is -2.09. The van der Waals surface area contributed by atoms with Gasteiger partial charge in [-0.1, -0.05) is 41.9 Å². The summed E-state index contributed by atoms with van der Waals surface area (Å²) < 4.78 is 1.77. The Balaban J connectivity index is 1.86. The molecule has 4 nitrogen and oxygen atoms in total. The average molecular weight is 326 g/mol. The van der Waals surface area contributed by atoms with Crippen molar-refractivity contribution < 1.29 is 4.79 Å². The molecule has 1 heterocycles. The van der Waals surface area contributed by atoms with Crippen LogP contribution in [0.1, 0.15) is 21.5 Å². The summed E-state index contributed by atoms with van der Waals surface area (Å²) in [6.45, 7) is 4.07. The first-order valence-electron chi connectivity index (χ1n) is 7.24. The van der Waals surface area contributed by atoms with Crippen molar-refractivity contribution in [1.29, 1.82) is 0 Å². The van der Waals surface area contributed by atoms with Gasteiger partial charge in [0.2, 0.25) is 0 Å². The van der Waals surface area contributed by atoms with E-state index in [1.54, 1.807) is 35.0 Å². The van der Waals surface area contributed by atoms with Gasteiger partial charge in [0, 0.05) is 12.3 Å². The Bertz CT molecular complexity index is 850. The molecule has 0 spiro atoms. The predicted octanol–water partition coefficient (Wildman–Crippen LogP) is 4.39. The lowest BCUT2D eigenvalue weighted by molar-refractivity contribution is 0.102. The Labute approximate surface area is 139 Å². The number of aryl methyl sites for hydroxylation is 2. The summed E-state index contributed by atoms with van der Waals surface area (Å²) in [5.74, 6) is 0.208. The number of benzene rings is 2. The van der Waals surface area contributed by atoms with E-state index < -0.39 is 0 Å². The van der Waals surface area contributed by atoms with E-state index in [4.69, 9.17) is 11.6 Å². The van der Waals surface area contributed by atoms with Crippen molar-refractivity contribution in [3.8, 4) is 5.69 Å². The summed E-state index contributed by atoms with van der Waals surface area (Å²) >= 11 is 6.04. The summed E-state index contributed by atoms with van der Waals surface area (Å²) in [6, 6.07) is 14.8. The molecule has 0 radical (unpaired) electrons. The van der Waals surface area contributed by atoms with E-state index >= 15 is 0 Å². The minimum absolute atomic E-state index is 0.276. The third-order valence-corrected chi connectivity index (χ3v) is 3.95. The van der Waals surface area contributed by atoms with Gasteiger partial charge in [-0.25, -0.2) is 4.68 Å². The van der Waals surface area contributed by atoms with Crippen molar-refractivity contribution in [2.45, 2.75) is 13.8 Å². The van der Waals surface area contributed by atoms with E-state index in [-0.39, 0.29) is 5.91 Å². The van der Waals surface area contributed by atoms with Crippen molar-refractivity contribution in [2.24, 2.45) is 0 Å². The Morgan fingerprint density at radius 2 is 1.74 bits per heavy atom. The van der Waals surface area contributed by atoms with Crippen LogP contribution in [0.15, 0.2) is 54.7 Å². The highest BCUT2D eigenvalue weighted by atomic mass is 35.5. The van der Waals surface area contributed by atoms with Crippen LogP contribution in [0.4, 0.5) is 5.82 Å². The Morgan fingerprint density at radius 3 is 2.43 bits per heavy atom. The average Bonchev–Trinajstić information content (AvgIpc) is 2.95. The second kappa shape index (κ2) is 6.26. The number of aromatic nitrogens is 2. The molecule has 0 fully saturated rings. The second-order valence-corrected chi connectivity index (χ2v) is 5.73. The predicted molar refractivity (Wildman–Crippen MR) is 92.4 cm³/mol. The highest BCUT2D eigenvalue weighted by Gasteiger charge is 2.12. The van der Waals surface area contributed by atoms with Gasteiger partial charge >= 0.3 is 0 Å². The molecule has 0 aliphatic heterocycles. The molecule has 1 aromatic heterocycles. The van der Waals surface area contributed by atoms with Crippen LogP contribution >= 0.6 is 11.6 Å². The van der Waals surface area contributed by atoms with Crippen molar-refractivity contribution in [3.63, 3.8) is 0 Å². The van der Waals surface area contributed by atoms with E-state index in [0.717, 1.165) is 16.8 Å². The van der Waals surface area contributed by atoms with Crippen molar-refractivity contribution in [3.05, 3.63) is 76.4 Å². The molecule has 0 unspecified atom stereocenters. The quantitative estimate of drug-likeness (QED) is 0.776. The van der Waals surface area contributed by atoms with Gasteiger partial charge in [0.05, 0.1) is 16.3 Å². The lowest BCUT2D eigenvalue weighted by Crippen LogP contribution is -2.13. The molecule has 23 heavy (non-hydrogen) atoms. The van der Waals surface area contributed by atoms with Gasteiger partial charge in [-0.3, -0.25) is 4.79 Å². The van der Waals surface area contributed by atoms with Gasteiger partial charge in [-0.2, -0.15) is 5.10 Å². The van der Waals surface area contributed by atoms with E-state index in [1.165, 1.54) is 0 Å². The van der Waals surface area contributed by atoms with Gasteiger partial charge in [-0.15, -0.1) is 0 Å². The van der Waals surface area contributed by atoms with Gasteiger partial charge in [-0.05, 0) is 37.1 Å². The highest BCUT2D eigenvalue weighted by molar-refractivity contribution is 6.34. The summed E-state index contributed by atoms with van der Waals surface area (Å²) in [4.78, 5) is 12.3. The molecule has 0 aliphatic rings. The maximum Gasteiger partial charge on any atom is 0.258 e. The largest absolute Gasteiger partial charge is 0.305 e. The number of hydrogen-bond acceptors (Lipinski definition) is 2. The molecule has 3 aromatic rings. The molecule has 0 aliphatic carbocycles. The van der Waals surface area contributed by atoms with Gasteiger partial charge < -0.3 is 5.32 Å². The Morgan fingerprint density at radius 1 is 1.04 bits per heavy atom. The molecule has 1 N–H and O–H groups in total. The number of halogens is 1. The van der Waals surface area contributed by atoms with E-state index in [9.17, 15) is 4.79 Å². The Hall–Kier alpha value is -2.59. The lowest BCUT2D eigenvalue weighted by atomic mass is 10.1. The molecule has 3 rings (SSSR count). The molecule has 0 atom stereocenters. The van der Waals surface area contributed by atoms with E-state index in [2.05, 4.69) is 10.4 Å². The maximum absolute atomic E-state index is 12.3. The monoisotopic (exact) mass is 325 g/mol. The number of hydrogen-bond donors (Lipinski definition) is 1. The number of carbonyl (C=O) groups is 1. The summed E-state index contributed by atoms with van der Waals surface area (Å²) in [5, 5.41) is 7.63. The fourth-order valence-electron chi connectivity index (χ4n) is 2.51. The zero-order valence-corrected chi connectivity index (χ0v) is 13.6. The first kappa shape index (κ1) is 15.3. The molecule has 5 heteroatoms. The Kier molecular flexibility index (Phi) is 4.17. The highest BCUT2D eigenvalue weighted by Crippen LogP contribution is 2.20. The van der Waals surface area contributed by atoms with Crippen molar-refractivity contribution >= 4 is 23.3 Å². The number of para-hydroxylation sites is 1. The number of anilines is 1. The maximum atomic E-state index is 12.3. The van der Waals surface area contributed by atoms with Crippen molar-refractivity contribution in [2.75, 3.05) is 5.32 Å². The van der Waals surface area contributed by atoms with Crippen LogP contribution in [0.2, 0.25) is 5.02 Å². The number of nitrogens with one attached hydrogen (secondary N) is 1. The van der Waals surface area contributed by atoms with Crippen LogP contribution in [-0.2, 0) is 0 Å². The molecule has 0 saturated heterocycles. The van der Waals surface area contributed by atoms with Crippen LogP contribution in [0.5, 0.6) is 0 Å². The second-order valence-electron chi connectivity index (χ2n) is 5.32. The number of nitrogens with zero attached hydrogens (tertiary/aromatic N) is 2. The fraction of sp³-hybridized carbons (Fsp3) is 0.111. The number of amides is 1. The summed E-state index contributed by atoms with van der Waals surface area (Å²) in [6.07, 6.45) is 1.83. The third-order valence-electron chi connectivity index (χ3n) is 3.62. The minimum Gasteiger partial charge on any atom is -0.305 e. The number of rotatable bonds is 3. The topological polar surface area (TPSA) is 46.9 Å². The van der Waals surface area contributed by atoms with E-state index in [1.807, 2.05) is 38.2 Å².